The number of rotatable bonds is 9. The average Bonchev–Trinajstić information content (AvgIpc) is 3.10. The van der Waals surface area contributed by atoms with Gasteiger partial charge in [-0.2, -0.15) is 0 Å². The first-order valence-corrected chi connectivity index (χ1v) is 18.8. The van der Waals surface area contributed by atoms with Crippen molar-refractivity contribution < 1.29 is 57.8 Å². The molecule has 2 saturated heterocycles. The molecule has 0 bridgehead atoms. The summed E-state index contributed by atoms with van der Waals surface area (Å²) < 4.78 is 37.4. The third-order valence-electron chi connectivity index (χ3n) is 11.2. The standard InChI is InChI=1S/C40H63NO12/c1-13-30-40(9,47)35(45)24(4)32(44)22(2)21-39(8,48-12)36(53-38-34(50-27(7)42)29(41(10)11)19-23(3)49-38)25(5)33(26(6)37(46)51-30)52-31(43)20-28-17-15-14-16-18-28/h14-18,22-26,29-30,33-36,38,45,47H,13,19-21H2,1-12H3/t22-,23-,24+,25+,26-,29+,30-,33+,34-,35-,36-,38+,39-,40-/m1/s1. The number of likely N-dealkylation sites (N-methyl/N-ethyl adjacent to an activating group) is 1. The van der Waals surface area contributed by atoms with Crippen molar-refractivity contribution in [2.24, 2.45) is 23.7 Å². The predicted molar refractivity (Wildman–Crippen MR) is 195 cm³/mol. The molecule has 0 amide bonds. The smallest absolute Gasteiger partial charge is 0.312 e. The Balaban J connectivity index is 2.23. The van der Waals surface area contributed by atoms with E-state index in [-0.39, 0.29) is 37.2 Å². The topological polar surface area (TPSA) is 167 Å². The maximum atomic E-state index is 14.1. The average molecular weight is 750 g/mol. The second-order valence-electron chi connectivity index (χ2n) is 15.8. The highest BCUT2D eigenvalue weighted by Crippen LogP contribution is 2.40. The largest absolute Gasteiger partial charge is 0.461 e. The lowest BCUT2D eigenvalue weighted by atomic mass is 9.74. The van der Waals surface area contributed by atoms with Crippen LogP contribution in [0.15, 0.2) is 30.3 Å². The van der Waals surface area contributed by atoms with Gasteiger partial charge in [0.05, 0.1) is 42.3 Å². The Kier molecular flexibility index (Phi) is 15.6. The van der Waals surface area contributed by atoms with E-state index in [0.717, 1.165) is 0 Å². The molecule has 0 saturated carbocycles. The van der Waals surface area contributed by atoms with Gasteiger partial charge in [0.15, 0.2) is 12.4 Å². The number of carbonyl (C=O) groups is 4. The fraction of sp³-hybridized carbons (Fsp3) is 0.750. The highest BCUT2D eigenvalue weighted by atomic mass is 16.7. The monoisotopic (exact) mass is 749 g/mol. The molecule has 0 unspecified atom stereocenters. The van der Waals surface area contributed by atoms with E-state index in [1.807, 2.05) is 32.0 Å². The lowest BCUT2D eigenvalue weighted by molar-refractivity contribution is -0.304. The van der Waals surface area contributed by atoms with Crippen LogP contribution in [-0.2, 0) is 54.0 Å². The number of hydrogen-bond acceptors (Lipinski definition) is 13. The molecule has 2 N–H and O–H groups in total. The van der Waals surface area contributed by atoms with Crippen LogP contribution >= 0.6 is 0 Å². The van der Waals surface area contributed by atoms with E-state index in [9.17, 15) is 29.4 Å². The van der Waals surface area contributed by atoms with Gasteiger partial charge in [0.25, 0.3) is 0 Å². The van der Waals surface area contributed by atoms with Crippen LogP contribution in [0.1, 0.15) is 87.1 Å². The van der Waals surface area contributed by atoms with Gasteiger partial charge in [-0.15, -0.1) is 0 Å². The van der Waals surface area contributed by atoms with Crippen molar-refractivity contribution in [2.75, 3.05) is 21.2 Å². The minimum Gasteiger partial charge on any atom is -0.461 e. The molecule has 53 heavy (non-hydrogen) atoms. The predicted octanol–water partition coefficient (Wildman–Crippen LogP) is 3.88. The normalized spacial score (nSPS) is 39.2. The van der Waals surface area contributed by atoms with Crippen LogP contribution in [0.3, 0.4) is 0 Å². The molecule has 3 rings (SSSR count). The fourth-order valence-electron chi connectivity index (χ4n) is 8.04. The second kappa shape index (κ2) is 18.6. The van der Waals surface area contributed by atoms with Crippen molar-refractivity contribution in [2.45, 2.75) is 148 Å². The van der Waals surface area contributed by atoms with Crippen molar-refractivity contribution >= 4 is 23.7 Å². The SMILES string of the molecule is CC[C@H]1OC(=O)[C@H](C)[C@@H](OC(=O)Cc2ccccc2)[C@H](C)[C@@H](O[C@@H]2O[C@H](C)C[C@H](N(C)C)[C@H]2OC(C)=O)[C@](C)(OC)C[C@@H](C)C(=O)[C@H](C)[C@@H](O)[C@]1(C)O. The van der Waals surface area contributed by atoms with E-state index in [1.165, 1.54) is 27.9 Å². The number of ether oxygens (including phenoxy) is 6. The van der Waals surface area contributed by atoms with E-state index < -0.39 is 89.6 Å². The lowest BCUT2D eigenvalue weighted by Gasteiger charge is -2.49. The molecular weight excluding hydrogens is 686 g/mol. The number of cyclic esters (lactones) is 1. The van der Waals surface area contributed by atoms with E-state index in [1.54, 1.807) is 58.9 Å². The van der Waals surface area contributed by atoms with Gasteiger partial charge in [-0.05, 0) is 66.6 Å². The maximum absolute atomic E-state index is 14.1. The molecule has 13 nitrogen and oxygen atoms in total. The number of benzene rings is 1. The molecule has 14 atom stereocenters. The van der Waals surface area contributed by atoms with Crippen molar-refractivity contribution in [1.82, 2.24) is 4.90 Å². The number of methoxy groups -OCH3 is 1. The summed E-state index contributed by atoms with van der Waals surface area (Å²) in [7, 11) is 5.22. The molecule has 2 aliphatic heterocycles. The quantitative estimate of drug-likeness (QED) is 0.276. The molecule has 0 radical (unpaired) electrons. The van der Waals surface area contributed by atoms with Crippen LogP contribution in [-0.4, -0.2) is 120 Å². The number of aliphatic hydroxyl groups excluding tert-OH is 1. The Bertz CT molecular complexity index is 1390. The molecule has 1 aromatic carbocycles. The third-order valence-corrected chi connectivity index (χ3v) is 11.2. The number of hydrogen-bond donors (Lipinski definition) is 2. The molecule has 2 heterocycles. The Morgan fingerprint density at radius 3 is 2.15 bits per heavy atom. The van der Waals surface area contributed by atoms with Gasteiger partial charge in [0.1, 0.15) is 23.6 Å². The van der Waals surface area contributed by atoms with Gasteiger partial charge in [0.2, 0.25) is 0 Å². The van der Waals surface area contributed by atoms with Crippen molar-refractivity contribution in [1.29, 1.82) is 0 Å². The first-order valence-electron chi connectivity index (χ1n) is 18.8. The Labute approximate surface area is 315 Å². The third kappa shape index (κ3) is 10.6. The summed E-state index contributed by atoms with van der Waals surface area (Å²) in [5, 5.41) is 23.0. The number of esters is 3. The van der Waals surface area contributed by atoms with Crippen molar-refractivity contribution in [3.63, 3.8) is 0 Å². The maximum Gasteiger partial charge on any atom is 0.312 e. The molecule has 2 aliphatic rings. The van der Waals surface area contributed by atoms with Crippen LogP contribution in [0.4, 0.5) is 0 Å². The molecular formula is C40H63NO12. The van der Waals surface area contributed by atoms with Gasteiger partial charge >= 0.3 is 17.9 Å². The number of carbonyl (C=O) groups excluding carboxylic acids is 4. The summed E-state index contributed by atoms with van der Waals surface area (Å²) in [6.07, 6.45) is -6.66. The molecule has 0 aromatic heterocycles. The van der Waals surface area contributed by atoms with E-state index >= 15 is 0 Å². The van der Waals surface area contributed by atoms with Gasteiger partial charge < -0.3 is 43.5 Å². The summed E-state index contributed by atoms with van der Waals surface area (Å²) in [5.74, 6) is -5.98. The van der Waals surface area contributed by atoms with Crippen LogP contribution in [0.2, 0.25) is 0 Å². The zero-order valence-corrected chi connectivity index (χ0v) is 33.6. The fourth-order valence-corrected chi connectivity index (χ4v) is 8.04. The first kappa shape index (κ1) is 44.5. The van der Waals surface area contributed by atoms with Gasteiger partial charge in [-0.25, -0.2) is 0 Å². The molecule has 1 aromatic rings. The van der Waals surface area contributed by atoms with Gasteiger partial charge in [0, 0.05) is 31.8 Å². The number of ketones is 1. The first-order chi connectivity index (χ1) is 24.7. The highest BCUT2D eigenvalue weighted by molar-refractivity contribution is 5.83. The number of Topliss-reactive ketones (excluding diaryl/α,β-unsaturated/α-hetero) is 1. The Hall–Kier alpha value is -2.94. The van der Waals surface area contributed by atoms with Crippen molar-refractivity contribution in [3.05, 3.63) is 35.9 Å². The van der Waals surface area contributed by atoms with E-state index in [4.69, 9.17) is 28.4 Å². The summed E-state index contributed by atoms with van der Waals surface area (Å²) in [4.78, 5) is 56.1. The number of nitrogens with zero attached hydrogens (tertiary/aromatic N) is 1. The van der Waals surface area contributed by atoms with Gasteiger partial charge in [-0.3, -0.25) is 19.2 Å². The number of aliphatic hydroxyl groups is 2. The molecule has 0 aliphatic carbocycles. The Morgan fingerprint density at radius 1 is 0.981 bits per heavy atom. The van der Waals surface area contributed by atoms with Crippen LogP contribution in [0.5, 0.6) is 0 Å². The van der Waals surface area contributed by atoms with Crippen LogP contribution < -0.4 is 0 Å². The highest BCUT2D eigenvalue weighted by Gasteiger charge is 2.53. The molecule has 0 spiro atoms. The molecule has 2 fully saturated rings. The summed E-state index contributed by atoms with van der Waals surface area (Å²) in [6, 6.07) is 8.74. The molecule has 300 valence electrons. The minimum atomic E-state index is -1.99. The zero-order valence-electron chi connectivity index (χ0n) is 33.6. The second-order valence-corrected chi connectivity index (χ2v) is 15.8. The lowest BCUT2D eigenvalue weighted by Crippen LogP contribution is -2.61. The summed E-state index contributed by atoms with van der Waals surface area (Å²) in [6.45, 7) is 14.6. The van der Waals surface area contributed by atoms with E-state index in [0.29, 0.717) is 12.0 Å². The zero-order chi connectivity index (χ0) is 40.0. The summed E-state index contributed by atoms with van der Waals surface area (Å²) >= 11 is 0. The van der Waals surface area contributed by atoms with Crippen LogP contribution in [0.25, 0.3) is 0 Å². The Morgan fingerprint density at radius 2 is 1.60 bits per heavy atom. The summed E-state index contributed by atoms with van der Waals surface area (Å²) in [5.41, 5.74) is -2.60. The minimum absolute atomic E-state index is 0.0644. The van der Waals surface area contributed by atoms with Crippen molar-refractivity contribution in [3.8, 4) is 0 Å². The van der Waals surface area contributed by atoms with Gasteiger partial charge in [-0.1, -0.05) is 58.0 Å². The van der Waals surface area contributed by atoms with Crippen LogP contribution in [0, 0.1) is 23.7 Å². The van der Waals surface area contributed by atoms with E-state index in [2.05, 4.69) is 0 Å². The molecule has 13 heteroatoms.